The van der Waals surface area contributed by atoms with Crippen molar-refractivity contribution in [2.45, 2.75) is 37.9 Å². The summed E-state index contributed by atoms with van der Waals surface area (Å²) in [5.41, 5.74) is 2.70. The maximum atomic E-state index is 6.55. The first kappa shape index (κ1) is 23.8. The molecule has 1 aliphatic carbocycles. The van der Waals surface area contributed by atoms with Gasteiger partial charge in [0.1, 0.15) is 29.6 Å². The van der Waals surface area contributed by atoms with Crippen LogP contribution in [0, 0.1) is 12.8 Å². The third kappa shape index (κ3) is 4.66. The van der Waals surface area contributed by atoms with E-state index in [4.69, 9.17) is 35.9 Å². The van der Waals surface area contributed by atoms with Crippen LogP contribution < -0.4 is 9.47 Å². The van der Waals surface area contributed by atoms with E-state index in [1.165, 1.54) is 0 Å². The van der Waals surface area contributed by atoms with E-state index in [2.05, 4.69) is 14.5 Å². The minimum Gasteiger partial charge on any atom is -0.497 e. The molecule has 2 fully saturated rings. The van der Waals surface area contributed by atoms with Gasteiger partial charge < -0.3 is 28.3 Å². The van der Waals surface area contributed by atoms with E-state index >= 15 is 0 Å². The van der Waals surface area contributed by atoms with Gasteiger partial charge in [-0.25, -0.2) is 9.97 Å². The first-order valence-corrected chi connectivity index (χ1v) is 12.6. The Bertz CT molecular complexity index is 1390. The molecule has 2 aromatic carbocycles. The monoisotopic (exact) mass is 517 g/mol. The highest BCUT2D eigenvalue weighted by atomic mass is 32.1. The summed E-state index contributed by atoms with van der Waals surface area (Å²) in [5, 5.41) is 1.06. The maximum absolute atomic E-state index is 6.55. The van der Waals surface area contributed by atoms with Crippen LogP contribution in [0.5, 0.6) is 11.5 Å². The first-order valence-electron chi connectivity index (χ1n) is 12.2. The largest absolute Gasteiger partial charge is 0.497 e. The molecule has 9 heteroatoms. The fourth-order valence-corrected chi connectivity index (χ4v) is 5.46. The number of thiocarbonyl (C=S) groups is 1. The molecular weight excluding hydrogens is 490 g/mol. The zero-order chi connectivity index (χ0) is 25.4. The number of nitrogens with zero attached hydrogens (tertiary/aromatic N) is 3. The van der Waals surface area contributed by atoms with Gasteiger partial charge in [0.15, 0.2) is 12.4 Å². The Balaban J connectivity index is 1.30. The van der Waals surface area contributed by atoms with E-state index in [9.17, 15) is 0 Å². The molecule has 1 aliphatic heterocycles. The minimum absolute atomic E-state index is 0.0557. The average Bonchev–Trinajstić information content (AvgIpc) is 3.51. The molecule has 8 nitrogen and oxygen atoms in total. The van der Waals surface area contributed by atoms with Gasteiger partial charge >= 0.3 is 5.24 Å². The van der Waals surface area contributed by atoms with E-state index in [0.29, 0.717) is 12.4 Å². The molecule has 1 unspecified atom stereocenters. The summed E-state index contributed by atoms with van der Waals surface area (Å²) in [6.45, 7) is 2.52. The van der Waals surface area contributed by atoms with E-state index in [1.54, 1.807) is 13.4 Å². The third-order valence-electron chi connectivity index (χ3n) is 7.08. The molecule has 37 heavy (non-hydrogen) atoms. The van der Waals surface area contributed by atoms with Crippen molar-refractivity contribution in [3.8, 4) is 11.5 Å². The third-order valence-corrected chi connectivity index (χ3v) is 7.26. The molecule has 4 aromatic rings. The molecule has 1 saturated heterocycles. The standard InChI is InChI=1S/C28H27N3O5S/c1-17-22-12-13-31(26(22)30-16-29-17)23-14-19-15-33-27(18-8-10-20(32-2)11-9-18)35-24(19)25(23)36-28(37)34-21-6-4-3-5-7-21/h3-13,16,19,23-25,27H,14-15H2,1-2H3/t19-,23+,24+,25-,27?/m0/s1. The molecule has 190 valence electrons. The highest BCUT2D eigenvalue weighted by Gasteiger charge is 2.51. The molecule has 3 heterocycles. The van der Waals surface area contributed by atoms with Crippen LogP contribution in [0.3, 0.4) is 0 Å². The van der Waals surface area contributed by atoms with Crippen LogP contribution in [0.15, 0.2) is 73.2 Å². The van der Waals surface area contributed by atoms with Gasteiger partial charge in [0.2, 0.25) is 0 Å². The molecule has 5 atom stereocenters. The van der Waals surface area contributed by atoms with Crippen molar-refractivity contribution >= 4 is 28.5 Å². The van der Waals surface area contributed by atoms with Crippen molar-refractivity contribution in [3.63, 3.8) is 0 Å². The number of ether oxygens (including phenoxy) is 5. The lowest BCUT2D eigenvalue weighted by atomic mass is 10.0. The number of para-hydroxylation sites is 1. The Labute approximate surface area is 220 Å². The van der Waals surface area contributed by atoms with Crippen LogP contribution in [-0.2, 0) is 14.2 Å². The molecule has 6 rings (SSSR count). The number of benzene rings is 2. The Morgan fingerprint density at radius 2 is 1.84 bits per heavy atom. The quantitative estimate of drug-likeness (QED) is 0.336. The summed E-state index contributed by atoms with van der Waals surface area (Å²) in [6, 6.07) is 19.0. The SMILES string of the molecule is COc1ccc(C2OC[C@@H]3C[C@@H](n4ccc5c(C)ncnc54)[C@H](OC(=S)Oc4ccccc4)[C@@H]3O2)cc1. The van der Waals surface area contributed by atoms with Gasteiger partial charge in [-0.15, -0.1) is 0 Å². The second-order valence-electron chi connectivity index (χ2n) is 9.27. The number of aryl methyl sites for hydroxylation is 1. The van der Waals surface area contributed by atoms with Gasteiger partial charge in [-0.2, -0.15) is 0 Å². The summed E-state index contributed by atoms with van der Waals surface area (Å²) in [6.07, 6.45) is 3.22. The highest BCUT2D eigenvalue weighted by Crippen LogP contribution is 2.46. The van der Waals surface area contributed by atoms with Crippen molar-refractivity contribution in [2.75, 3.05) is 13.7 Å². The van der Waals surface area contributed by atoms with Crippen LogP contribution in [0.25, 0.3) is 11.0 Å². The van der Waals surface area contributed by atoms with E-state index < -0.39 is 12.4 Å². The summed E-state index contributed by atoms with van der Waals surface area (Å²) >= 11 is 5.54. The lowest BCUT2D eigenvalue weighted by molar-refractivity contribution is -0.248. The second kappa shape index (κ2) is 10.1. The van der Waals surface area contributed by atoms with Crippen molar-refractivity contribution in [3.05, 3.63) is 84.4 Å². The second-order valence-corrected chi connectivity index (χ2v) is 9.60. The Hall–Kier alpha value is -3.53. The maximum Gasteiger partial charge on any atom is 0.358 e. The average molecular weight is 518 g/mol. The van der Waals surface area contributed by atoms with E-state index in [-0.39, 0.29) is 23.3 Å². The zero-order valence-corrected chi connectivity index (χ0v) is 21.3. The normalized spacial score (nSPS) is 25.0. The molecule has 1 saturated carbocycles. The fourth-order valence-electron chi connectivity index (χ4n) is 5.25. The Morgan fingerprint density at radius 3 is 2.62 bits per heavy atom. The zero-order valence-electron chi connectivity index (χ0n) is 20.5. The van der Waals surface area contributed by atoms with Gasteiger partial charge in [0, 0.05) is 35.3 Å². The number of rotatable bonds is 5. The van der Waals surface area contributed by atoms with Gasteiger partial charge in [-0.3, -0.25) is 0 Å². The van der Waals surface area contributed by atoms with Crippen LogP contribution in [0.2, 0.25) is 0 Å². The first-order chi connectivity index (χ1) is 18.1. The van der Waals surface area contributed by atoms with Crippen molar-refractivity contribution in [1.82, 2.24) is 14.5 Å². The number of hydrogen-bond donors (Lipinski definition) is 0. The number of aromatic nitrogens is 3. The smallest absolute Gasteiger partial charge is 0.358 e. The van der Waals surface area contributed by atoms with Crippen LogP contribution in [-0.4, -0.2) is 45.7 Å². The highest BCUT2D eigenvalue weighted by molar-refractivity contribution is 7.79. The molecule has 0 N–H and O–H groups in total. The van der Waals surface area contributed by atoms with Gasteiger partial charge in [-0.05, 0) is 43.7 Å². The van der Waals surface area contributed by atoms with Gasteiger partial charge in [0.25, 0.3) is 0 Å². The van der Waals surface area contributed by atoms with Crippen molar-refractivity contribution < 1.29 is 23.7 Å². The molecule has 2 aliphatic rings. The van der Waals surface area contributed by atoms with Crippen LogP contribution in [0.4, 0.5) is 0 Å². The topological polar surface area (TPSA) is 76.9 Å². The lowest BCUT2D eigenvalue weighted by Gasteiger charge is -2.35. The molecule has 2 aromatic heterocycles. The van der Waals surface area contributed by atoms with E-state index in [1.807, 2.05) is 73.8 Å². The predicted molar refractivity (Wildman–Crippen MR) is 141 cm³/mol. The number of methoxy groups -OCH3 is 1. The van der Waals surface area contributed by atoms with Crippen molar-refractivity contribution in [1.29, 1.82) is 0 Å². The summed E-state index contributed by atoms with van der Waals surface area (Å²) in [5.74, 6) is 1.52. The summed E-state index contributed by atoms with van der Waals surface area (Å²) < 4.78 is 32.3. The van der Waals surface area contributed by atoms with Crippen LogP contribution in [0.1, 0.15) is 30.0 Å². The van der Waals surface area contributed by atoms with E-state index in [0.717, 1.165) is 34.5 Å². The summed E-state index contributed by atoms with van der Waals surface area (Å²) in [4.78, 5) is 8.91. The van der Waals surface area contributed by atoms with Gasteiger partial charge in [0.05, 0.1) is 25.5 Å². The molecule has 0 bridgehead atoms. The van der Waals surface area contributed by atoms with Crippen molar-refractivity contribution in [2.24, 2.45) is 5.92 Å². The summed E-state index contributed by atoms with van der Waals surface area (Å²) in [7, 11) is 1.64. The predicted octanol–water partition coefficient (Wildman–Crippen LogP) is 5.17. The van der Waals surface area contributed by atoms with Gasteiger partial charge in [-0.1, -0.05) is 30.3 Å². The molecule has 0 radical (unpaired) electrons. The minimum atomic E-state index is -0.522. The number of hydrogen-bond acceptors (Lipinski definition) is 8. The Morgan fingerprint density at radius 1 is 1.03 bits per heavy atom. The number of fused-ring (bicyclic) bond motifs is 2. The molecular formula is C28H27N3O5S. The Kier molecular flexibility index (Phi) is 6.50. The molecule has 0 amide bonds. The fraction of sp³-hybridized carbons (Fsp3) is 0.321. The lowest BCUT2D eigenvalue weighted by Crippen LogP contribution is -2.42. The van der Waals surface area contributed by atoms with Crippen LogP contribution >= 0.6 is 12.2 Å². The molecule has 0 spiro atoms.